The molecule has 0 radical (unpaired) electrons. The van der Waals surface area contributed by atoms with Crippen LogP contribution in [0.25, 0.3) is 0 Å². The zero-order chi connectivity index (χ0) is 13.3. The number of halogens is 1. The van der Waals surface area contributed by atoms with Crippen LogP contribution in [0.4, 0.5) is 0 Å². The Hall–Kier alpha value is -1.13. The number of methoxy groups -OCH3 is 3. The number of nitrogens with two attached hydrogens (primary N) is 1. The first-order chi connectivity index (χ1) is 8.57. The van der Waals surface area contributed by atoms with Crippen LogP contribution in [0.1, 0.15) is 24.8 Å². The third kappa shape index (κ3) is 1.89. The van der Waals surface area contributed by atoms with E-state index >= 15 is 0 Å². The zero-order valence-electron chi connectivity index (χ0n) is 10.9. The predicted molar refractivity (Wildman–Crippen MR) is 70.8 cm³/mol. The molecule has 1 saturated carbocycles. The Bertz CT molecular complexity index is 458. The van der Waals surface area contributed by atoms with Gasteiger partial charge in [-0.25, -0.2) is 0 Å². The smallest absolute Gasteiger partial charge is 0.180 e. The molecule has 18 heavy (non-hydrogen) atoms. The largest absolute Gasteiger partial charge is 0.496 e. The number of hydrogen-bond donors (Lipinski definition) is 1. The van der Waals surface area contributed by atoms with E-state index in [1.54, 1.807) is 27.4 Å². The van der Waals surface area contributed by atoms with Crippen molar-refractivity contribution >= 4 is 11.6 Å². The van der Waals surface area contributed by atoms with Crippen molar-refractivity contribution in [1.29, 1.82) is 0 Å². The Morgan fingerprint density at radius 1 is 1.11 bits per heavy atom. The van der Waals surface area contributed by atoms with Gasteiger partial charge in [-0.15, -0.1) is 0 Å². The minimum Gasteiger partial charge on any atom is -0.496 e. The third-order valence-corrected chi connectivity index (χ3v) is 3.90. The van der Waals surface area contributed by atoms with Crippen molar-refractivity contribution in [3.05, 3.63) is 16.7 Å². The van der Waals surface area contributed by atoms with Crippen LogP contribution >= 0.6 is 11.6 Å². The molecule has 1 aliphatic carbocycles. The number of ether oxygens (including phenoxy) is 3. The molecular weight excluding hydrogens is 254 g/mol. The van der Waals surface area contributed by atoms with Gasteiger partial charge in [0.2, 0.25) is 0 Å². The third-order valence-electron chi connectivity index (χ3n) is 3.54. The first-order valence-corrected chi connectivity index (χ1v) is 6.23. The topological polar surface area (TPSA) is 53.7 Å². The van der Waals surface area contributed by atoms with Crippen LogP contribution < -0.4 is 19.9 Å². The molecule has 4 nitrogen and oxygen atoms in total. The molecule has 0 heterocycles. The molecule has 0 aliphatic heterocycles. The SMILES string of the molecule is COc1cc(OC)c(C2(N)CCC2)c(Cl)c1OC. The van der Waals surface area contributed by atoms with Crippen LogP contribution in [0.15, 0.2) is 6.07 Å². The highest BCUT2D eigenvalue weighted by atomic mass is 35.5. The summed E-state index contributed by atoms with van der Waals surface area (Å²) in [5.41, 5.74) is 6.76. The average molecular weight is 272 g/mol. The molecule has 0 spiro atoms. The second kappa shape index (κ2) is 4.86. The molecule has 1 aromatic carbocycles. The summed E-state index contributed by atoms with van der Waals surface area (Å²) < 4.78 is 15.9. The molecule has 1 fully saturated rings. The van der Waals surface area contributed by atoms with Crippen LogP contribution in [0, 0.1) is 0 Å². The standard InChI is InChI=1S/C13H18ClNO3/c1-16-8-7-9(17-2)12(18-3)11(14)10(8)13(15)5-4-6-13/h7H,4-6,15H2,1-3H3. The lowest BCUT2D eigenvalue weighted by Crippen LogP contribution is -2.43. The summed E-state index contributed by atoms with van der Waals surface area (Å²) in [6.45, 7) is 0. The van der Waals surface area contributed by atoms with Crippen LogP contribution in [-0.2, 0) is 5.54 Å². The summed E-state index contributed by atoms with van der Waals surface area (Å²) >= 11 is 6.41. The van der Waals surface area contributed by atoms with Crippen LogP contribution in [-0.4, -0.2) is 21.3 Å². The summed E-state index contributed by atoms with van der Waals surface area (Å²) in [5.74, 6) is 1.71. The minimum atomic E-state index is -0.415. The van der Waals surface area contributed by atoms with E-state index in [1.165, 1.54) is 0 Å². The summed E-state index contributed by atoms with van der Waals surface area (Å²) in [6, 6.07) is 1.77. The van der Waals surface area contributed by atoms with Gasteiger partial charge in [-0.05, 0) is 19.3 Å². The lowest BCUT2D eigenvalue weighted by molar-refractivity contribution is 0.241. The average Bonchev–Trinajstić information content (AvgIpc) is 2.34. The van der Waals surface area contributed by atoms with E-state index in [-0.39, 0.29) is 0 Å². The van der Waals surface area contributed by atoms with E-state index in [2.05, 4.69) is 0 Å². The van der Waals surface area contributed by atoms with Crippen molar-refractivity contribution < 1.29 is 14.2 Å². The Balaban J connectivity index is 2.63. The summed E-state index contributed by atoms with van der Waals surface area (Å²) in [4.78, 5) is 0. The first-order valence-electron chi connectivity index (χ1n) is 5.85. The number of benzene rings is 1. The van der Waals surface area contributed by atoms with E-state index in [1.807, 2.05) is 0 Å². The van der Waals surface area contributed by atoms with E-state index in [0.717, 1.165) is 24.8 Å². The molecule has 0 bridgehead atoms. The quantitative estimate of drug-likeness (QED) is 0.915. The molecule has 1 aromatic rings. The summed E-state index contributed by atoms with van der Waals surface area (Å²) in [6.07, 6.45) is 2.90. The molecular formula is C13H18ClNO3. The Labute approximate surface area is 112 Å². The van der Waals surface area contributed by atoms with Crippen molar-refractivity contribution in [2.75, 3.05) is 21.3 Å². The van der Waals surface area contributed by atoms with Gasteiger partial charge in [0.05, 0.1) is 26.4 Å². The Morgan fingerprint density at radius 3 is 2.11 bits per heavy atom. The summed E-state index contributed by atoms with van der Waals surface area (Å²) in [5, 5.41) is 0.482. The highest BCUT2D eigenvalue weighted by Crippen LogP contribution is 2.51. The second-order valence-corrected chi connectivity index (χ2v) is 4.89. The van der Waals surface area contributed by atoms with Gasteiger partial charge in [0.25, 0.3) is 0 Å². The molecule has 1 aliphatic rings. The maximum Gasteiger partial charge on any atom is 0.180 e. The normalized spacial score (nSPS) is 16.9. The van der Waals surface area contributed by atoms with E-state index in [0.29, 0.717) is 22.3 Å². The van der Waals surface area contributed by atoms with Crippen LogP contribution in [0.2, 0.25) is 5.02 Å². The fraction of sp³-hybridized carbons (Fsp3) is 0.538. The monoisotopic (exact) mass is 271 g/mol. The predicted octanol–water partition coefficient (Wildman–Crippen LogP) is 2.70. The fourth-order valence-corrected chi connectivity index (χ4v) is 2.81. The fourth-order valence-electron chi connectivity index (χ4n) is 2.36. The molecule has 2 rings (SSSR count). The lowest BCUT2D eigenvalue weighted by Gasteiger charge is -2.40. The Morgan fingerprint density at radius 2 is 1.72 bits per heavy atom. The highest BCUT2D eigenvalue weighted by molar-refractivity contribution is 6.33. The van der Waals surface area contributed by atoms with Gasteiger partial charge in [-0.3, -0.25) is 0 Å². The molecule has 0 atom stereocenters. The van der Waals surface area contributed by atoms with Crippen LogP contribution in [0.5, 0.6) is 17.2 Å². The van der Waals surface area contributed by atoms with Gasteiger partial charge in [0.15, 0.2) is 11.5 Å². The van der Waals surface area contributed by atoms with Crippen molar-refractivity contribution in [3.63, 3.8) is 0 Å². The second-order valence-electron chi connectivity index (χ2n) is 4.51. The highest BCUT2D eigenvalue weighted by Gasteiger charge is 2.40. The van der Waals surface area contributed by atoms with Gasteiger partial charge in [-0.2, -0.15) is 0 Å². The minimum absolute atomic E-state index is 0.415. The molecule has 5 heteroatoms. The van der Waals surface area contributed by atoms with Crippen LogP contribution in [0.3, 0.4) is 0 Å². The van der Waals surface area contributed by atoms with Crippen molar-refractivity contribution in [3.8, 4) is 17.2 Å². The van der Waals surface area contributed by atoms with E-state index in [4.69, 9.17) is 31.5 Å². The van der Waals surface area contributed by atoms with E-state index < -0.39 is 5.54 Å². The lowest BCUT2D eigenvalue weighted by atomic mass is 9.72. The van der Waals surface area contributed by atoms with Crippen molar-refractivity contribution in [1.82, 2.24) is 0 Å². The number of rotatable bonds is 4. The Kier molecular flexibility index (Phi) is 3.59. The summed E-state index contributed by atoms with van der Waals surface area (Å²) in [7, 11) is 4.72. The van der Waals surface area contributed by atoms with Gasteiger partial charge in [0, 0.05) is 17.2 Å². The van der Waals surface area contributed by atoms with Gasteiger partial charge in [0.1, 0.15) is 5.75 Å². The van der Waals surface area contributed by atoms with Gasteiger partial charge in [-0.1, -0.05) is 11.6 Å². The van der Waals surface area contributed by atoms with Crippen molar-refractivity contribution in [2.45, 2.75) is 24.8 Å². The maximum absolute atomic E-state index is 6.41. The molecule has 2 N–H and O–H groups in total. The molecule has 0 aromatic heterocycles. The van der Waals surface area contributed by atoms with E-state index in [9.17, 15) is 0 Å². The first kappa shape index (κ1) is 13.3. The zero-order valence-corrected chi connectivity index (χ0v) is 11.6. The molecule has 100 valence electrons. The van der Waals surface area contributed by atoms with Gasteiger partial charge < -0.3 is 19.9 Å². The van der Waals surface area contributed by atoms with Gasteiger partial charge >= 0.3 is 0 Å². The number of hydrogen-bond acceptors (Lipinski definition) is 4. The maximum atomic E-state index is 6.41. The van der Waals surface area contributed by atoms with Crippen molar-refractivity contribution in [2.24, 2.45) is 5.73 Å². The molecule has 0 unspecified atom stereocenters. The molecule has 0 saturated heterocycles. The molecule has 0 amide bonds.